The summed E-state index contributed by atoms with van der Waals surface area (Å²) in [4.78, 5) is 0. The normalized spacial score (nSPS) is 12.8. The molecule has 1 unspecified atom stereocenters. The molecule has 3 aromatic rings. The molecule has 0 amide bonds. The van der Waals surface area contributed by atoms with Crippen molar-refractivity contribution in [3.8, 4) is 0 Å². The van der Waals surface area contributed by atoms with Crippen LogP contribution in [0.3, 0.4) is 0 Å². The molecule has 0 radical (unpaired) electrons. The van der Waals surface area contributed by atoms with Crippen LogP contribution in [0.4, 0.5) is 13.2 Å². The maximum absolute atomic E-state index is 14.6. The van der Waals surface area contributed by atoms with Crippen molar-refractivity contribution in [2.75, 3.05) is 0 Å². The Morgan fingerprint density at radius 3 is 1.56 bits per heavy atom. The first-order valence-corrected chi connectivity index (χ1v) is 8.40. The van der Waals surface area contributed by atoms with Gasteiger partial charge in [-0.05, 0) is 52.5 Å². The van der Waals surface area contributed by atoms with Gasteiger partial charge in [-0.3, -0.25) is 4.21 Å². The van der Waals surface area contributed by atoms with Crippen LogP contribution in [0.2, 0.25) is 0 Å². The zero-order valence-corrected chi connectivity index (χ0v) is 13.6. The van der Waals surface area contributed by atoms with E-state index in [0.717, 1.165) is 30.3 Å². The molecule has 3 rings (SSSR count). The molecule has 0 aliphatic rings. The second-order valence-electron chi connectivity index (χ2n) is 5.41. The summed E-state index contributed by atoms with van der Waals surface area (Å²) in [5, 5.41) is 0. The van der Waals surface area contributed by atoms with Crippen LogP contribution >= 0.6 is 0 Å². The summed E-state index contributed by atoms with van der Waals surface area (Å²) in [5.74, 6) is -1.84. The van der Waals surface area contributed by atoms with E-state index in [2.05, 4.69) is 0 Å². The van der Waals surface area contributed by atoms with E-state index in [1.807, 2.05) is 0 Å². The van der Waals surface area contributed by atoms with Crippen LogP contribution in [-0.2, 0) is 15.8 Å². The second-order valence-corrected chi connectivity index (χ2v) is 6.49. The van der Waals surface area contributed by atoms with Gasteiger partial charge >= 0.3 is 0 Å². The lowest BCUT2D eigenvalue weighted by Gasteiger charge is -2.37. The topological polar surface area (TPSA) is 40.1 Å². The summed E-state index contributed by atoms with van der Waals surface area (Å²) >= 11 is -2.87. The Labute approximate surface area is 145 Å². The molecule has 3 aromatic carbocycles. The number of hydrogen-bond donors (Lipinski definition) is 0. The van der Waals surface area contributed by atoms with E-state index >= 15 is 0 Å². The quantitative estimate of drug-likeness (QED) is 0.514. The van der Waals surface area contributed by atoms with Crippen LogP contribution in [0.25, 0.3) is 0 Å². The molecule has 0 heterocycles. The first-order chi connectivity index (χ1) is 12.0. The molecular weight excluding hydrogens is 349 g/mol. The van der Waals surface area contributed by atoms with Gasteiger partial charge in [0.1, 0.15) is 22.2 Å². The van der Waals surface area contributed by atoms with Gasteiger partial charge in [0, 0.05) is 5.56 Å². The van der Waals surface area contributed by atoms with E-state index in [1.54, 1.807) is 0 Å². The Morgan fingerprint density at radius 2 is 1.16 bits per heavy atom. The third-order valence-corrected chi connectivity index (χ3v) is 5.20. The number of rotatable bonds is 4. The number of hydrogen-bond acceptors (Lipinski definition) is 2. The van der Waals surface area contributed by atoms with Gasteiger partial charge in [0.15, 0.2) is 0 Å². The van der Waals surface area contributed by atoms with Crippen LogP contribution in [0.1, 0.15) is 16.7 Å². The van der Waals surface area contributed by atoms with Crippen molar-refractivity contribution in [3.63, 3.8) is 0 Å². The van der Waals surface area contributed by atoms with E-state index in [4.69, 9.17) is 0 Å². The average molecular weight is 361 g/mol. The molecule has 25 heavy (non-hydrogen) atoms. The summed E-state index contributed by atoms with van der Waals surface area (Å²) in [7, 11) is 0. The monoisotopic (exact) mass is 361 g/mol. The highest BCUT2D eigenvalue weighted by atomic mass is 32.2. The molecule has 0 saturated carbocycles. The van der Waals surface area contributed by atoms with Crippen molar-refractivity contribution in [1.82, 2.24) is 0 Å². The standard InChI is InChI=1S/C19H13F3O2S/c20-15-9-5-13(6-10-15)19(25(23)24,14-7-11-16(21)12-8-14)17-3-1-2-4-18(17)22/h1-12H,(H,23,24)/p-1. The van der Waals surface area contributed by atoms with E-state index in [9.17, 15) is 21.9 Å². The average Bonchev–Trinajstić information content (AvgIpc) is 2.59. The molecule has 2 nitrogen and oxygen atoms in total. The largest absolute Gasteiger partial charge is 0.771 e. The third kappa shape index (κ3) is 2.99. The highest BCUT2D eigenvalue weighted by Crippen LogP contribution is 2.42. The molecule has 0 saturated heterocycles. The lowest BCUT2D eigenvalue weighted by Crippen LogP contribution is -2.35. The van der Waals surface area contributed by atoms with Gasteiger partial charge in [-0.15, -0.1) is 0 Å². The van der Waals surface area contributed by atoms with Crippen molar-refractivity contribution in [3.05, 3.63) is 107 Å². The molecule has 0 N–H and O–H groups in total. The summed E-state index contributed by atoms with van der Waals surface area (Å²) in [6.07, 6.45) is 0. The highest BCUT2D eigenvalue weighted by molar-refractivity contribution is 7.80. The van der Waals surface area contributed by atoms with Crippen molar-refractivity contribution in [1.29, 1.82) is 0 Å². The summed E-state index contributed by atoms with van der Waals surface area (Å²) < 4.78 is 64.1. The Morgan fingerprint density at radius 1 is 0.720 bits per heavy atom. The molecule has 0 bridgehead atoms. The maximum Gasteiger partial charge on any atom is 0.128 e. The van der Waals surface area contributed by atoms with Crippen LogP contribution in [0.15, 0.2) is 72.8 Å². The second kappa shape index (κ2) is 6.82. The smallest absolute Gasteiger partial charge is 0.128 e. The van der Waals surface area contributed by atoms with Crippen molar-refractivity contribution in [2.45, 2.75) is 4.75 Å². The Bertz CT molecular complexity index is 863. The fourth-order valence-corrected chi connectivity index (χ4v) is 3.88. The van der Waals surface area contributed by atoms with Gasteiger partial charge in [0.25, 0.3) is 0 Å². The van der Waals surface area contributed by atoms with Crippen LogP contribution in [-0.4, -0.2) is 8.76 Å². The summed E-state index contributed by atoms with van der Waals surface area (Å²) in [6, 6.07) is 14.9. The van der Waals surface area contributed by atoms with Gasteiger partial charge in [-0.1, -0.05) is 42.5 Å². The SMILES string of the molecule is O=S([O-])C(c1ccc(F)cc1)(c1ccc(F)cc1)c1ccccc1F. The first-order valence-electron chi connectivity index (χ1n) is 7.32. The molecule has 0 aliphatic carbocycles. The third-order valence-electron chi connectivity index (χ3n) is 4.00. The lowest BCUT2D eigenvalue weighted by molar-refractivity contribution is 0.506. The highest BCUT2D eigenvalue weighted by Gasteiger charge is 2.40. The molecular formula is C19H12F3O2S-. The van der Waals surface area contributed by atoms with Gasteiger partial charge in [0.2, 0.25) is 0 Å². The van der Waals surface area contributed by atoms with E-state index < -0.39 is 33.3 Å². The minimum Gasteiger partial charge on any atom is -0.771 e. The lowest BCUT2D eigenvalue weighted by atomic mass is 9.83. The van der Waals surface area contributed by atoms with Gasteiger partial charge < -0.3 is 4.55 Å². The summed E-state index contributed by atoms with van der Waals surface area (Å²) in [5.41, 5.74) is 0.180. The van der Waals surface area contributed by atoms with Crippen LogP contribution < -0.4 is 0 Å². The van der Waals surface area contributed by atoms with Crippen LogP contribution in [0, 0.1) is 17.5 Å². The van der Waals surface area contributed by atoms with Crippen molar-refractivity contribution < 1.29 is 21.9 Å². The molecule has 0 fully saturated rings. The zero-order chi connectivity index (χ0) is 18.0. The molecule has 6 heteroatoms. The molecule has 128 valence electrons. The van der Waals surface area contributed by atoms with E-state index in [-0.39, 0.29) is 16.7 Å². The minimum absolute atomic E-state index is 0.124. The Hall–Kier alpha value is -2.44. The minimum atomic E-state index is -2.87. The summed E-state index contributed by atoms with van der Waals surface area (Å²) in [6.45, 7) is 0. The fourth-order valence-electron chi connectivity index (χ4n) is 2.88. The van der Waals surface area contributed by atoms with Gasteiger partial charge in [0.05, 0.1) is 0 Å². The fraction of sp³-hybridized carbons (Fsp3) is 0.0526. The van der Waals surface area contributed by atoms with Crippen molar-refractivity contribution >= 4 is 11.1 Å². The number of halogens is 3. The number of benzene rings is 3. The van der Waals surface area contributed by atoms with Gasteiger partial charge in [-0.2, -0.15) is 0 Å². The maximum atomic E-state index is 14.6. The molecule has 0 aliphatic heterocycles. The van der Waals surface area contributed by atoms with E-state index in [0.29, 0.717) is 0 Å². The van der Waals surface area contributed by atoms with Crippen LogP contribution in [0.5, 0.6) is 0 Å². The van der Waals surface area contributed by atoms with E-state index in [1.165, 1.54) is 42.5 Å². The Kier molecular flexibility index (Phi) is 4.74. The Balaban J connectivity index is 2.40. The zero-order valence-electron chi connectivity index (χ0n) is 12.8. The van der Waals surface area contributed by atoms with Gasteiger partial charge in [-0.25, -0.2) is 13.2 Å². The molecule has 0 aromatic heterocycles. The van der Waals surface area contributed by atoms with Crippen molar-refractivity contribution in [2.24, 2.45) is 0 Å². The predicted octanol–water partition coefficient (Wildman–Crippen LogP) is 4.27. The molecule has 0 spiro atoms. The first kappa shape index (κ1) is 17.4. The molecule has 1 atom stereocenters. The predicted molar refractivity (Wildman–Crippen MR) is 88.0 cm³/mol.